The first-order valence-electron chi connectivity index (χ1n) is 4.94. The van der Waals surface area contributed by atoms with E-state index in [1.54, 1.807) is 12.3 Å². The minimum atomic E-state index is -0.562. The van der Waals surface area contributed by atoms with Crippen LogP contribution in [0.4, 0.5) is 0 Å². The van der Waals surface area contributed by atoms with Gasteiger partial charge in [-0.25, -0.2) is 4.98 Å². The second-order valence-corrected chi connectivity index (χ2v) is 4.11. The number of aromatic nitrogens is 2. The van der Waals surface area contributed by atoms with Crippen molar-refractivity contribution in [2.75, 3.05) is 0 Å². The molecule has 17 heavy (non-hydrogen) atoms. The van der Waals surface area contributed by atoms with E-state index in [0.717, 1.165) is 16.3 Å². The van der Waals surface area contributed by atoms with Crippen molar-refractivity contribution in [2.24, 2.45) is 5.73 Å². The lowest BCUT2D eigenvalue weighted by Gasteiger charge is -1.96. The summed E-state index contributed by atoms with van der Waals surface area (Å²) in [5, 5.41) is 2.36. The topological polar surface area (TPSA) is 71.8 Å². The summed E-state index contributed by atoms with van der Waals surface area (Å²) in [7, 11) is 0. The molecule has 0 bridgehead atoms. The largest absolute Gasteiger partial charge is 0.364 e. The monoisotopic (exact) mass is 244 g/mol. The maximum Gasteiger partial charge on any atom is 0.269 e. The molecule has 0 fully saturated rings. The summed E-state index contributed by atoms with van der Waals surface area (Å²) in [6.45, 7) is 0. The third kappa shape index (κ3) is 1.45. The molecular weight excluding hydrogens is 238 g/mol. The number of carbonyl (C=O) groups is 1. The van der Waals surface area contributed by atoms with Crippen LogP contribution in [0.15, 0.2) is 24.4 Å². The van der Waals surface area contributed by atoms with Gasteiger partial charge < -0.3 is 10.7 Å². The average molecular weight is 245 g/mol. The Balaban J connectivity index is 2.51. The van der Waals surface area contributed by atoms with Crippen molar-refractivity contribution in [3.8, 4) is 0 Å². The van der Waals surface area contributed by atoms with Crippen LogP contribution in [0.2, 0.25) is 5.02 Å². The quantitative estimate of drug-likeness (QED) is 0.689. The summed E-state index contributed by atoms with van der Waals surface area (Å²) in [5.41, 5.74) is 6.90. The first-order chi connectivity index (χ1) is 8.16. The highest BCUT2D eigenvalue weighted by molar-refractivity contribution is 6.31. The summed E-state index contributed by atoms with van der Waals surface area (Å²) in [4.78, 5) is 18.3. The lowest BCUT2D eigenvalue weighted by Crippen LogP contribution is -2.13. The average Bonchev–Trinajstić information content (AvgIpc) is 2.66. The van der Waals surface area contributed by atoms with E-state index < -0.39 is 5.91 Å². The SMILES string of the molecule is NC(=O)c1nccc2c1[nH]c1[c]cc(Cl)cc12. The molecule has 3 N–H and O–H groups in total. The van der Waals surface area contributed by atoms with Crippen LogP contribution in [-0.4, -0.2) is 15.9 Å². The van der Waals surface area contributed by atoms with Gasteiger partial charge in [0.15, 0.2) is 5.69 Å². The molecule has 3 aromatic rings. The van der Waals surface area contributed by atoms with Crippen LogP contribution in [0.3, 0.4) is 0 Å². The molecule has 0 aliphatic rings. The van der Waals surface area contributed by atoms with Gasteiger partial charge in [0.05, 0.1) is 11.0 Å². The number of H-pyrrole nitrogens is 1. The Labute approximate surface area is 101 Å². The van der Waals surface area contributed by atoms with E-state index in [1.807, 2.05) is 12.1 Å². The van der Waals surface area contributed by atoms with Crippen LogP contribution >= 0.6 is 11.6 Å². The van der Waals surface area contributed by atoms with Gasteiger partial charge in [0.2, 0.25) is 0 Å². The van der Waals surface area contributed by atoms with Gasteiger partial charge in [-0.2, -0.15) is 0 Å². The highest BCUT2D eigenvalue weighted by Gasteiger charge is 2.12. The van der Waals surface area contributed by atoms with Gasteiger partial charge in [-0.1, -0.05) is 11.6 Å². The second kappa shape index (κ2) is 3.46. The molecule has 3 rings (SSSR count). The first kappa shape index (κ1) is 10.1. The lowest BCUT2D eigenvalue weighted by atomic mass is 10.1. The number of nitrogens with two attached hydrogens (primary N) is 1. The molecule has 1 aromatic carbocycles. The fourth-order valence-electron chi connectivity index (χ4n) is 1.91. The Morgan fingerprint density at radius 1 is 1.47 bits per heavy atom. The predicted molar refractivity (Wildman–Crippen MR) is 66.0 cm³/mol. The van der Waals surface area contributed by atoms with E-state index >= 15 is 0 Å². The van der Waals surface area contributed by atoms with E-state index in [9.17, 15) is 4.79 Å². The maximum absolute atomic E-state index is 11.3. The molecule has 83 valence electrons. The molecule has 0 unspecified atom stereocenters. The third-order valence-electron chi connectivity index (χ3n) is 2.63. The Morgan fingerprint density at radius 3 is 3.06 bits per heavy atom. The highest BCUT2D eigenvalue weighted by atomic mass is 35.5. The molecule has 0 aliphatic carbocycles. The molecule has 2 aromatic heterocycles. The van der Waals surface area contributed by atoms with Crippen molar-refractivity contribution in [3.05, 3.63) is 41.2 Å². The van der Waals surface area contributed by atoms with Gasteiger partial charge in [0, 0.05) is 28.1 Å². The summed E-state index contributed by atoms with van der Waals surface area (Å²) in [6.07, 6.45) is 1.55. The molecule has 4 nitrogen and oxygen atoms in total. The number of fused-ring (bicyclic) bond motifs is 3. The number of aromatic amines is 1. The number of nitrogens with zero attached hydrogens (tertiary/aromatic N) is 1. The number of rotatable bonds is 1. The van der Waals surface area contributed by atoms with Gasteiger partial charge in [-0.15, -0.1) is 0 Å². The van der Waals surface area contributed by atoms with Crippen molar-refractivity contribution < 1.29 is 4.79 Å². The minimum absolute atomic E-state index is 0.225. The molecule has 2 heterocycles. The second-order valence-electron chi connectivity index (χ2n) is 3.68. The molecule has 1 radical (unpaired) electrons. The highest BCUT2D eigenvalue weighted by Crippen LogP contribution is 2.28. The van der Waals surface area contributed by atoms with Crippen LogP contribution in [0.1, 0.15) is 10.5 Å². The van der Waals surface area contributed by atoms with Crippen LogP contribution < -0.4 is 5.73 Å². The number of benzene rings is 1. The van der Waals surface area contributed by atoms with Crippen molar-refractivity contribution in [2.45, 2.75) is 0 Å². The summed E-state index contributed by atoms with van der Waals surface area (Å²) in [6, 6.07) is 8.30. The Hall–Kier alpha value is -2.07. The fourth-order valence-corrected chi connectivity index (χ4v) is 2.07. The Morgan fingerprint density at radius 2 is 2.29 bits per heavy atom. The van der Waals surface area contributed by atoms with E-state index in [0.29, 0.717) is 10.5 Å². The maximum atomic E-state index is 11.3. The van der Waals surface area contributed by atoms with Crippen LogP contribution in [0.5, 0.6) is 0 Å². The van der Waals surface area contributed by atoms with Crippen molar-refractivity contribution in [1.29, 1.82) is 0 Å². The third-order valence-corrected chi connectivity index (χ3v) is 2.85. The number of amides is 1. The number of nitrogens with one attached hydrogen (secondary N) is 1. The number of hydrogen-bond donors (Lipinski definition) is 2. The zero-order valence-corrected chi connectivity index (χ0v) is 9.38. The Kier molecular flexibility index (Phi) is 2.06. The zero-order chi connectivity index (χ0) is 12.0. The number of pyridine rings is 1. The molecule has 0 atom stereocenters. The first-order valence-corrected chi connectivity index (χ1v) is 5.32. The van der Waals surface area contributed by atoms with Crippen LogP contribution in [0, 0.1) is 6.07 Å². The summed E-state index contributed by atoms with van der Waals surface area (Å²) >= 11 is 5.93. The van der Waals surface area contributed by atoms with E-state index in [2.05, 4.69) is 16.0 Å². The smallest absolute Gasteiger partial charge is 0.269 e. The zero-order valence-electron chi connectivity index (χ0n) is 8.62. The number of halogens is 1. The van der Waals surface area contributed by atoms with Gasteiger partial charge in [-0.3, -0.25) is 4.79 Å². The summed E-state index contributed by atoms with van der Waals surface area (Å²) in [5.74, 6) is -0.562. The number of carbonyl (C=O) groups excluding carboxylic acids is 1. The normalized spacial score (nSPS) is 11.1. The van der Waals surface area contributed by atoms with E-state index in [4.69, 9.17) is 17.3 Å². The molecule has 1 amide bonds. The van der Waals surface area contributed by atoms with Gasteiger partial charge in [0.1, 0.15) is 0 Å². The van der Waals surface area contributed by atoms with Gasteiger partial charge in [0.25, 0.3) is 5.91 Å². The lowest BCUT2D eigenvalue weighted by molar-refractivity contribution is 0.0997. The number of hydrogen-bond acceptors (Lipinski definition) is 2. The van der Waals surface area contributed by atoms with Crippen molar-refractivity contribution >= 4 is 39.3 Å². The van der Waals surface area contributed by atoms with Crippen molar-refractivity contribution in [1.82, 2.24) is 9.97 Å². The summed E-state index contributed by atoms with van der Waals surface area (Å²) < 4.78 is 0. The molecule has 0 aliphatic heterocycles. The Bertz CT molecular complexity index is 748. The van der Waals surface area contributed by atoms with Gasteiger partial charge in [-0.05, 0) is 18.2 Å². The number of primary amides is 1. The molecule has 0 saturated carbocycles. The standard InChI is InChI=1S/C12H7ClN3O/c13-6-1-2-9-8(5-6)7-3-4-15-11(12(14)17)10(7)16-9/h1,3-5,16H,(H2,14,17). The van der Waals surface area contributed by atoms with Crippen LogP contribution in [-0.2, 0) is 0 Å². The minimum Gasteiger partial charge on any atom is -0.364 e. The van der Waals surface area contributed by atoms with Crippen molar-refractivity contribution in [3.63, 3.8) is 0 Å². The van der Waals surface area contributed by atoms with Gasteiger partial charge >= 0.3 is 0 Å². The van der Waals surface area contributed by atoms with Crippen LogP contribution in [0.25, 0.3) is 21.8 Å². The fraction of sp³-hybridized carbons (Fsp3) is 0. The van der Waals surface area contributed by atoms with E-state index in [-0.39, 0.29) is 5.69 Å². The van der Waals surface area contributed by atoms with E-state index in [1.165, 1.54) is 0 Å². The molecular formula is C12H7ClN3O. The predicted octanol–water partition coefficient (Wildman–Crippen LogP) is 2.27. The molecule has 0 saturated heterocycles. The molecule has 0 spiro atoms. The molecule has 5 heteroatoms.